The van der Waals surface area contributed by atoms with Crippen molar-refractivity contribution in [2.75, 3.05) is 37.0 Å². The molecule has 4 heterocycles. The van der Waals surface area contributed by atoms with Gasteiger partial charge in [-0.05, 0) is 37.8 Å². The maximum absolute atomic E-state index is 4.70. The molecule has 1 saturated carbocycles. The number of nitrogens with zero attached hydrogens (tertiary/aromatic N) is 8. The van der Waals surface area contributed by atoms with E-state index < -0.39 is 0 Å². The van der Waals surface area contributed by atoms with Crippen LogP contribution in [0.2, 0.25) is 0 Å². The molecule has 0 N–H and O–H groups in total. The van der Waals surface area contributed by atoms with E-state index in [9.17, 15) is 0 Å². The lowest BCUT2D eigenvalue weighted by molar-refractivity contribution is 0.476. The summed E-state index contributed by atoms with van der Waals surface area (Å²) < 4.78 is 1.91. The number of aromatic nitrogens is 6. The summed E-state index contributed by atoms with van der Waals surface area (Å²) in [6.07, 6.45) is 4.62. The summed E-state index contributed by atoms with van der Waals surface area (Å²) >= 11 is 1.77. The van der Waals surface area contributed by atoms with E-state index in [1.165, 1.54) is 17.8 Å². The zero-order chi connectivity index (χ0) is 17.7. The Morgan fingerprint density at radius 3 is 2.50 bits per heavy atom. The SMILES string of the molecule is CN(C)c1ccc2nnc(C3CCN(c4nnc(C5CC5)s4)CC3)n2n1. The first-order valence-electron chi connectivity index (χ1n) is 9.17. The van der Waals surface area contributed by atoms with Crippen LogP contribution in [0.25, 0.3) is 5.65 Å². The molecular formula is C17H22N8S. The third kappa shape index (κ3) is 2.80. The van der Waals surface area contributed by atoms with Gasteiger partial charge in [-0.3, -0.25) is 0 Å². The third-order valence-corrected chi connectivity index (χ3v) is 6.36. The average molecular weight is 370 g/mol. The lowest BCUT2D eigenvalue weighted by Crippen LogP contribution is -2.33. The molecule has 26 heavy (non-hydrogen) atoms. The van der Waals surface area contributed by atoms with E-state index in [4.69, 9.17) is 5.10 Å². The van der Waals surface area contributed by atoms with Gasteiger partial charge in [-0.2, -0.15) is 4.52 Å². The van der Waals surface area contributed by atoms with E-state index >= 15 is 0 Å². The lowest BCUT2D eigenvalue weighted by atomic mass is 9.96. The van der Waals surface area contributed by atoms with Crippen LogP contribution in [0.4, 0.5) is 10.9 Å². The zero-order valence-corrected chi connectivity index (χ0v) is 15.9. The average Bonchev–Trinajstić information content (AvgIpc) is 3.24. The highest BCUT2D eigenvalue weighted by atomic mass is 32.1. The van der Waals surface area contributed by atoms with Crippen molar-refractivity contribution < 1.29 is 0 Å². The first kappa shape index (κ1) is 15.9. The number of anilines is 2. The molecule has 0 amide bonds. The highest BCUT2D eigenvalue weighted by Crippen LogP contribution is 2.43. The van der Waals surface area contributed by atoms with Crippen LogP contribution >= 0.6 is 11.3 Å². The van der Waals surface area contributed by atoms with Gasteiger partial charge >= 0.3 is 0 Å². The molecule has 2 fully saturated rings. The fourth-order valence-corrected chi connectivity index (χ4v) is 4.53. The standard InChI is InChI=1S/C17H22N8S/c1-23(2)14-6-5-13-18-19-15(25(13)22-14)11-7-9-24(10-8-11)17-21-20-16(26-17)12-3-4-12/h5-6,11-12H,3-4,7-10H2,1-2H3. The van der Waals surface area contributed by atoms with E-state index in [1.54, 1.807) is 11.3 Å². The van der Waals surface area contributed by atoms with Crippen molar-refractivity contribution in [3.63, 3.8) is 0 Å². The molecule has 2 aliphatic rings. The van der Waals surface area contributed by atoms with Crippen LogP contribution in [0.5, 0.6) is 0 Å². The summed E-state index contributed by atoms with van der Waals surface area (Å²) in [7, 11) is 3.99. The molecule has 1 saturated heterocycles. The molecular weight excluding hydrogens is 348 g/mol. The largest absolute Gasteiger partial charge is 0.361 e. The zero-order valence-electron chi connectivity index (χ0n) is 15.0. The molecule has 3 aromatic heterocycles. The van der Waals surface area contributed by atoms with Crippen molar-refractivity contribution in [1.29, 1.82) is 0 Å². The van der Waals surface area contributed by atoms with Crippen LogP contribution < -0.4 is 9.80 Å². The van der Waals surface area contributed by atoms with Crippen LogP contribution in [-0.2, 0) is 0 Å². The Hall–Kier alpha value is -2.29. The van der Waals surface area contributed by atoms with Gasteiger partial charge in [0, 0.05) is 39.0 Å². The van der Waals surface area contributed by atoms with Crippen LogP contribution in [0.15, 0.2) is 12.1 Å². The third-order valence-electron chi connectivity index (χ3n) is 5.22. The molecule has 3 aromatic rings. The molecule has 0 radical (unpaired) electrons. The summed E-state index contributed by atoms with van der Waals surface area (Å²) in [5.41, 5.74) is 0.811. The first-order chi connectivity index (χ1) is 12.7. The Balaban J connectivity index is 1.33. The lowest BCUT2D eigenvalue weighted by Gasteiger charge is -2.30. The van der Waals surface area contributed by atoms with E-state index in [0.717, 1.165) is 48.4 Å². The molecule has 0 aromatic carbocycles. The second-order valence-electron chi connectivity index (χ2n) is 7.37. The Kier molecular flexibility index (Phi) is 3.77. The predicted molar refractivity (Wildman–Crippen MR) is 101 cm³/mol. The Morgan fingerprint density at radius 1 is 0.962 bits per heavy atom. The number of hydrogen-bond acceptors (Lipinski definition) is 8. The van der Waals surface area contributed by atoms with Gasteiger partial charge in [0.25, 0.3) is 0 Å². The monoisotopic (exact) mass is 370 g/mol. The van der Waals surface area contributed by atoms with Crippen LogP contribution in [0.3, 0.4) is 0 Å². The van der Waals surface area contributed by atoms with E-state index in [2.05, 4.69) is 25.3 Å². The minimum absolute atomic E-state index is 0.377. The van der Waals surface area contributed by atoms with Crippen molar-refractivity contribution in [1.82, 2.24) is 30.0 Å². The van der Waals surface area contributed by atoms with Crippen molar-refractivity contribution in [2.24, 2.45) is 0 Å². The van der Waals surface area contributed by atoms with Gasteiger partial charge in [0.15, 0.2) is 11.5 Å². The maximum atomic E-state index is 4.70. The minimum Gasteiger partial charge on any atom is -0.361 e. The molecule has 9 heteroatoms. The van der Waals surface area contributed by atoms with E-state index in [1.807, 2.05) is 35.6 Å². The molecule has 1 aliphatic heterocycles. The summed E-state index contributed by atoms with van der Waals surface area (Å²) in [6.45, 7) is 1.96. The molecule has 0 bridgehead atoms. The molecule has 0 spiro atoms. The van der Waals surface area contributed by atoms with Crippen LogP contribution in [0.1, 0.15) is 48.4 Å². The highest BCUT2D eigenvalue weighted by Gasteiger charge is 2.30. The van der Waals surface area contributed by atoms with Crippen molar-refractivity contribution in [2.45, 2.75) is 37.5 Å². The second-order valence-corrected chi connectivity index (χ2v) is 8.36. The maximum Gasteiger partial charge on any atom is 0.208 e. The Morgan fingerprint density at radius 2 is 1.77 bits per heavy atom. The van der Waals surface area contributed by atoms with Crippen molar-refractivity contribution in [3.05, 3.63) is 23.0 Å². The fourth-order valence-electron chi connectivity index (χ4n) is 3.47. The van der Waals surface area contributed by atoms with Gasteiger partial charge < -0.3 is 9.80 Å². The van der Waals surface area contributed by atoms with Gasteiger partial charge in [0.05, 0.1) is 0 Å². The van der Waals surface area contributed by atoms with E-state index in [-0.39, 0.29) is 0 Å². The summed E-state index contributed by atoms with van der Waals surface area (Å²) in [6, 6.07) is 3.96. The van der Waals surface area contributed by atoms with Gasteiger partial charge in [-0.1, -0.05) is 11.3 Å². The van der Waals surface area contributed by atoms with Gasteiger partial charge in [0.2, 0.25) is 5.13 Å². The van der Waals surface area contributed by atoms with Crippen LogP contribution in [0, 0.1) is 0 Å². The number of rotatable bonds is 4. The van der Waals surface area contributed by atoms with E-state index in [0.29, 0.717) is 11.8 Å². The number of hydrogen-bond donors (Lipinski definition) is 0. The Labute approximate surface area is 155 Å². The van der Waals surface area contributed by atoms with Gasteiger partial charge in [0.1, 0.15) is 10.8 Å². The number of piperidine rings is 1. The molecule has 0 atom stereocenters. The molecule has 8 nitrogen and oxygen atoms in total. The predicted octanol–water partition coefficient (Wildman–Crippen LogP) is 2.30. The molecule has 1 aliphatic carbocycles. The summed E-state index contributed by atoms with van der Waals surface area (Å²) in [5, 5.41) is 24.5. The normalized spacial score (nSPS) is 18.6. The smallest absolute Gasteiger partial charge is 0.208 e. The first-order valence-corrected chi connectivity index (χ1v) is 9.99. The topological polar surface area (TPSA) is 75.3 Å². The Bertz CT molecular complexity index is 920. The van der Waals surface area contributed by atoms with Crippen LogP contribution in [-0.4, -0.2) is 57.2 Å². The highest BCUT2D eigenvalue weighted by molar-refractivity contribution is 7.15. The number of fused-ring (bicyclic) bond motifs is 1. The molecule has 136 valence electrons. The fraction of sp³-hybridized carbons (Fsp3) is 0.588. The van der Waals surface area contributed by atoms with Crippen molar-refractivity contribution in [3.8, 4) is 0 Å². The minimum atomic E-state index is 0.377. The quantitative estimate of drug-likeness (QED) is 0.697. The van der Waals surface area contributed by atoms with Gasteiger partial charge in [-0.15, -0.1) is 25.5 Å². The summed E-state index contributed by atoms with van der Waals surface area (Å²) in [5.74, 6) is 2.94. The molecule has 5 rings (SSSR count). The summed E-state index contributed by atoms with van der Waals surface area (Å²) in [4.78, 5) is 4.36. The van der Waals surface area contributed by atoms with Crippen molar-refractivity contribution >= 4 is 27.9 Å². The van der Waals surface area contributed by atoms with Gasteiger partial charge in [-0.25, -0.2) is 0 Å². The second kappa shape index (κ2) is 6.15. The molecule has 0 unspecified atom stereocenters.